The minimum Gasteiger partial charge on any atom is -0.443 e. The predicted octanol–water partition coefficient (Wildman–Crippen LogP) is 6.86. The highest BCUT2D eigenvalue weighted by Crippen LogP contribution is 2.40. The summed E-state index contributed by atoms with van der Waals surface area (Å²) < 4.78 is 51.2. The van der Waals surface area contributed by atoms with Gasteiger partial charge in [0.2, 0.25) is 5.91 Å². The highest BCUT2D eigenvalue weighted by molar-refractivity contribution is 6.04. The predicted molar refractivity (Wildman–Crippen MR) is 130 cm³/mol. The second-order valence-corrected chi connectivity index (χ2v) is 10.1. The average molecular weight is 503 g/mol. The summed E-state index contributed by atoms with van der Waals surface area (Å²) >= 11 is 0. The highest BCUT2D eigenvalue weighted by atomic mass is 19.4. The number of halogens is 3. The van der Waals surface area contributed by atoms with Crippen LogP contribution in [0.25, 0.3) is 10.9 Å². The van der Waals surface area contributed by atoms with E-state index in [4.69, 9.17) is 9.47 Å². The third kappa shape index (κ3) is 5.90. The van der Waals surface area contributed by atoms with Gasteiger partial charge in [-0.15, -0.1) is 0 Å². The van der Waals surface area contributed by atoms with Gasteiger partial charge in [0.05, 0.1) is 29.5 Å². The Morgan fingerprint density at radius 1 is 1.06 bits per heavy atom. The van der Waals surface area contributed by atoms with Gasteiger partial charge in [-0.1, -0.05) is 18.2 Å². The number of rotatable bonds is 5. The molecule has 0 unspecified atom stereocenters. The molecule has 0 spiro atoms. The molecule has 2 aromatic carbocycles. The second kappa shape index (κ2) is 9.61. The first-order valence-corrected chi connectivity index (χ1v) is 11.7. The van der Waals surface area contributed by atoms with Crippen molar-refractivity contribution in [1.29, 1.82) is 0 Å². The van der Waals surface area contributed by atoms with E-state index in [1.807, 2.05) is 12.1 Å². The van der Waals surface area contributed by atoms with E-state index in [2.05, 4.69) is 5.32 Å². The summed E-state index contributed by atoms with van der Waals surface area (Å²) in [4.78, 5) is 24.4. The Bertz CT molecular complexity index is 1270. The van der Waals surface area contributed by atoms with Crippen LogP contribution in [0.5, 0.6) is 0 Å². The Labute approximate surface area is 207 Å². The van der Waals surface area contributed by atoms with Gasteiger partial charge >= 0.3 is 12.3 Å². The van der Waals surface area contributed by atoms with Gasteiger partial charge in [-0.25, -0.2) is 4.79 Å². The average Bonchev–Trinajstić information content (AvgIpc) is 3.08. The topological polar surface area (TPSA) is 69.6 Å². The first-order valence-electron chi connectivity index (χ1n) is 11.7. The summed E-state index contributed by atoms with van der Waals surface area (Å²) in [6.07, 6.45) is -1.85. The number of benzene rings is 2. The molecule has 0 saturated heterocycles. The van der Waals surface area contributed by atoms with Gasteiger partial charge in [-0.2, -0.15) is 13.2 Å². The second-order valence-electron chi connectivity index (χ2n) is 10.1. The molecule has 0 radical (unpaired) electrons. The quantitative estimate of drug-likeness (QED) is 0.414. The molecule has 9 heteroatoms. The van der Waals surface area contributed by atoms with Gasteiger partial charge in [0.1, 0.15) is 5.60 Å². The Morgan fingerprint density at radius 2 is 1.72 bits per heavy atom. The summed E-state index contributed by atoms with van der Waals surface area (Å²) in [5.41, 5.74) is 1.53. The maximum absolute atomic E-state index is 12.8. The summed E-state index contributed by atoms with van der Waals surface area (Å²) in [5, 5.41) is 3.45. The summed E-state index contributed by atoms with van der Waals surface area (Å²) in [6, 6.07) is 10.8. The third-order valence-electron chi connectivity index (χ3n) is 6.06. The van der Waals surface area contributed by atoms with Crippen LogP contribution in [0.1, 0.15) is 63.1 Å². The fourth-order valence-corrected chi connectivity index (χ4v) is 4.25. The van der Waals surface area contributed by atoms with Crippen molar-refractivity contribution in [3.63, 3.8) is 0 Å². The van der Waals surface area contributed by atoms with E-state index in [1.54, 1.807) is 33.0 Å². The van der Waals surface area contributed by atoms with E-state index < -0.39 is 23.4 Å². The van der Waals surface area contributed by atoms with Crippen LogP contribution in [-0.2, 0) is 27.1 Å². The number of fused-ring (bicyclic) bond motifs is 1. The number of carbonyl (C=O) groups is 2. The van der Waals surface area contributed by atoms with Crippen LogP contribution in [0.4, 0.5) is 23.7 Å². The lowest BCUT2D eigenvalue weighted by molar-refractivity contribution is -0.137. The Balaban J connectivity index is 1.42. The number of carbonyl (C=O) groups excluding carboxylic acids is 2. The van der Waals surface area contributed by atoms with Gasteiger partial charge in [0.15, 0.2) is 0 Å². The van der Waals surface area contributed by atoms with Crippen molar-refractivity contribution in [2.75, 3.05) is 5.32 Å². The molecule has 4 rings (SSSR count). The van der Waals surface area contributed by atoms with E-state index in [9.17, 15) is 22.8 Å². The summed E-state index contributed by atoms with van der Waals surface area (Å²) in [5.74, 6) is -0.0855. The van der Waals surface area contributed by atoms with Crippen molar-refractivity contribution in [3.8, 4) is 0 Å². The molecule has 0 bridgehead atoms. The monoisotopic (exact) mass is 502 g/mol. The zero-order valence-electron chi connectivity index (χ0n) is 20.6. The van der Waals surface area contributed by atoms with E-state index in [1.165, 1.54) is 23.6 Å². The minimum absolute atomic E-state index is 0.00849. The molecule has 1 aromatic heterocycles. The molecular weight excluding hydrogens is 473 g/mol. The van der Waals surface area contributed by atoms with Crippen LogP contribution in [0.2, 0.25) is 0 Å². The molecule has 1 aliphatic carbocycles. The van der Waals surface area contributed by atoms with Crippen LogP contribution < -0.4 is 5.32 Å². The molecule has 1 fully saturated rings. The van der Waals surface area contributed by atoms with Gasteiger partial charge in [-0.3, -0.25) is 9.36 Å². The smallest absolute Gasteiger partial charge is 0.419 e. The van der Waals surface area contributed by atoms with E-state index in [0.717, 1.165) is 36.1 Å². The fraction of sp³-hybridized carbons (Fsp3) is 0.407. The van der Waals surface area contributed by atoms with Crippen LogP contribution in [0.15, 0.2) is 48.7 Å². The molecular formula is C27H29F3N2O4. The van der Waals surface area contributed by atoms with Crippen LogP contribution in [-0.4, -0.2) is 28.3 Å². The standard InChI is InChI=1S/C27H29F3N2O4/c1-16(33)31-23-14-32(25(34)36-26(2,3)4)24-10-5-17(11-22(23)24)15-35-21-12-19(13-21)18-6-8-20(9-7-18)27(28,29)30/h5-11,14,19,21H,12-13,15H2,1-4H3,(H,31,33)/t19-,21+. The molecule has 1 amide bonds. The van der Waals surface area contributed by atoms with Crippen LogP contribution >= 0.6 is 0 Å². The zero-order valence-corrected chi connectivity index (χ0v) is 20.6. The molecule has 1 N–H and O–H groups in total. The maximum Gasteiger partial charge on any atom is 0.419 e. The number of ether oxygens (including phenoxy) is 2. The number of hydrogen-bond acceptors (Lipinski definition) is 4. The van der Waals surface area contributed by atoms with Crippen LogP contribution in [0, 0.1) is 0 Å². The lowest BCUT2D eigenvalue weighted by atomic mass is 9.77. The molecule has 1 heterocycles. The molecule has 0 aliphatic heterocycles. The number of alkyl halides is 3. The van der Waals surface area contributed by atoms with E-state index in [0.29, 0.717) is 23.2 Å². The minimum atomic E-state index is -4.33. The van der Waals surface area contributed by atoms with Gasteiger partial charge in [-0.05, 0) is 74.9 Å². The molecule has 192 valence electrons. The van der Waals surface area contributed by atoms with Crippen molar-refractivity contribution in [1.82, 2.24) is 4.57 Å². The largest absolute Gasteiger partial charge is 0.443 e. The van der Waals surface area contributed by atoms with Crippen molar-refractivity contribution in [2.45, 2.75) is 70.9 Å². The molecule has 36 heavy (non-hydrogen) atoms. The Morgan fingerprint density at radius 3 is 2.31 bits per heavy atom. The van der Waals surface area contributed by atoms with Crippen molar-refractivity contribution in [2.24, 2.45) is 0 Å². The number of nitrogens with one attached hydrogen (secondary N) is 1. The number of anilines is 1. The number of hydrogen-bond donors (Lipinski definition) is 1. The number of amides is 1. The Kier molecular flexibility index (Phi) is 6.88. The third-order valence-corrected chi connectivity index (χ3v) is 6.06. The SMILES string of the molecule is CC(=O)Nc1cn(C(=O)OC(C)(C)C)c2ccc(CO[C@H]3C[C@@H](c4ccc(C(F)(F)F)cc4)C3)cc12. The molecule has 0 atom stereocenters. The Hall–Kier alpha value is -3.33. The lowest BCUT2D eigenvalue weighted by Crippen LogP contribution is -2.29. The van der Waals surface area contributed by atoms with Crippen molar-refractivity contribution in [3.05, 3.63) is 65.4 Å². The lowest BCUT2D eigenvalue weighted by Gasteiger charge is -2.35. The van der Waals surface area contributed by atoms with Crippen LogP contribution in [0.3, 0.4) is 0 Å². The number of aromatic nitrogens is 1. The molecule has 3 aromatic rings. The molecule has 1 saturated carbocycles. The zero-order chi connectivity index (χ0) is 26.3. The van der Waals surface area contributed by atoms with Gasteiger partial charge < -0.3 is 14.8 Å². The maximum atomic E-state index is 12.8. The van der Waals surface area contributed by atoms with Gasteiger partial charge in [0, 0.05) is 18.5 Å². The summed E-state index contributed by atoms with van der Waals surface area (Å²) in [6.45, 7) is 7.07. The molecule has 1 aliphatic rings. The first-order chi connectivity index (χ1) is 16.8. The van der Waals surface area contributed by atoms with E-state index in [-0.39, 0.29) is 17.9 Å². The highest BCUT2D eigenvalue weighted by Gasteiger charge is 2.33. The normalized spacial score (nSPS) is 18.1. The number of nitrogens with zero attached hydrogens (tertiary/aromatic N) is 1. The van der Waals surface area contributed by atoms with E-state index >= 15 is 0 Å². The summed E-state index contributed by atoms with van der Waals surface area (Å²) in [7, 11) is 0. The molecule has 6 nitrogen and oxygen atoms in total. The van der Waals surface area contributed by atoms with Gasteiger partial charge in [0.25, 0.3) is 0 Å². The van der Waals surface area contributed by atoms with Crippen molar-refractivity contribution >= 4 is 28.6 Å². The van der Waals surface area contributed by atoms with Crippen molar-refractivity contribution < 1.29 is 32.2 Å². The first kappa shape index (κ1) is 25.8. The fourth-order valence-electron chi connectivity index (χ4n) is 4.25.